The van der Waals surface area contributed by atoms with E-state index in [9.17, 15) is 0 Å². The first-order valence-corrected chi connectivity index (χ1v) is 9.12. The van der Waals surface area contributed by atoms with E-state index in [0.717, 1.165) is 36.9 Å². The third kappa shape index (κ3) is 2.86. The van der Waals surface area contributed by atoms with Crippen LogP contribution in [0.25, 0.3) is 22.2 Å². The van der Waals surface area contributed by atoms with Crippen molar-refractivity contribution < 1.29 is 4.74 Å². The number of rotatable bonds is 5. The number of thiazole rings is 1. The standard InChI is InChI=1S/C18H21N3OS/c1-2-21-11-15(14-7-3-4-8-17(14)21)16-12-23-18(20-16)19-10-13-6-5-9-22-13/h3-4,7-8,11-13H,2,5-6,9-10H2,1H3,(H,19,20). The van der Waals surface area contributed by atoms with Crippen molar-refractivity contribution >= 4 is 27.4 Å². The van der Waals surface area contributed by atoms with Crippen LogP contribution in [0.4, 0.5) is 5.13 Å². The Hall–Kier alpha value is -1.85. The molecule has 1 fully saturated rings. The number of aromatic nitrogens is 2. The molecule has 0 radical (unpaired) electrons. The number of anilines is 1. The van der Waals surface area contributed by atoms with Crippen molar-refractivity contribution in [2.75, 3.05) is 18.5 Å². The summed E-state index contributed by atoms with van der Waals surface area (Å²) < 4.78 is 7.93. The van der Waals surface area contributed by atoms with Gasteiger partial charge in [0.2, 0.25) is 0 Å². The fourth-order valence-electron chi connectivity index (χ4n) is 3.20. The maximum Gasteiger partial charge on any atom is 0.183 e. The van der Waals surface area contributed by atoms with E-state index in [1.807, 2.05) is 0 Å². The van der Waals surface area contributed by atoms with E-state index in [1.165, 1.54) is 22.9 Å². The number of hydrogen-bond acceptors (Lipinski definition) is 4. The number of ether oxygens (including phenoxy) is 1. The molecule has 1 N–H and O–H groups in total. The first-order chi connectivity index (χ1) is 11.3. The molecule has 3 heterocycles. The van der Waals surface area contributed by atoms with E-state index in [2.05, 4.69) is 52.7 Å². The molecule has 1 saturated heterocycles. The minimum absolute atomic E-state index is 0.337. The molecule has 1 aliphatic heterocycles. The molecule has 23 heavy (non-hydrogen) atoms. The van der Waals surface area contributed by atoms with Crippen LogP contribution in [-0.4, -0.2) is 28.8 Å². The highest BCUT2D eigenvalue weighted by Crippen LogP contribution is 2.32. The van der Waals surface area contributed by atoms with E-state index in [0.29, 0.717) is 6.10 Å². The summed E-state index contributed by atoms with van der Waals surface area (Å²) in [4.78, 5) is 4.78. The van der Waals surface area contributed by atoms with Crippen molar-refractivity contribution in [3.8, 4) is 11.3 Å². The maximum atomic E-state index is 5.65. The topological polar surface area (TPSA) is 39.1 Å². The van der Waals surface area contributed by atoms with Gasteiger partial charge in [0.1, 0.15) is 0 Å². The van der Waals surface area contributed by atoms with Gasteiger partial charge in [0.05, 0.1) is 11.8 Å². The number of nitrogens with zero attached hydrogens (tertiary/aromatic N) is 2. The van der Waals surface area contributed by atoms with Crippen LogP contribution in [0.15, 0.2) is 35.8 Å². The van der Waals surface area contributed by atoms with E-state index < -0.39 is 0 Å². The maximum absolute atomic E-state index is 5.65. The number of fused-ring (bicyclic) bond motifs is 1. The summed E-state index contributed by atoms with van der Waals surface area (Å²) in [5.74, 6) is 0. The molecular formula is C18H21N3OS. The fraction of sp³-hybridized carbons (Fsp3) is 0.389. The molecule has 1 aromatic carbocycles. The van der Waals surface area contributed by atoms with Crippen molar-refractivity contribution in [3.63, 3.8) is 0 Å². The molecule has 1 unspecified atom stereocenters. The van der Waals surface area contributed by atoms with Gasteiger partial charge in [-0.25, -0.2) is 4.98 Å². The molecule has 4 nitrogen and oxygen atoms in total. The Morgan fingerprint density at radius 2 is 2.30 bits per heavy atom. The van der Waals surface area contributed by atoms with Gasteiger partial charge in [0, 0.05) is 47.7 Å². The van der Waals surface area contributed by atoms with Gasteiger partial charge >= 0.3 is 0 Å². The summed E-state index contributed by atoms with van der Waals surface area (Å²) in [5, 5.41) is 7.80. The van der Waals surface area contributed by atoms with Crippen LogP contribution in [0.3, 0.4) is 0 Å². The Bertz CT molecular complexity index is 802. The molecule has 0 spiro atoms. The Labute approximate surface area is 140 Å². The third-order valence-electron chi connectivity index (χ3n) is 4.41. The van der Waals surface area contributed by atoms with Crippen LogP contribution >= 0.6 is 11.3 Å². The second kappa shape index (κ2) is 6.34. The molecule has 0 amide bonds. The van der Waals surface area contributed by atoms with Gasteiger partial charge in [0.15, 0.2) is 5.13 Å². The lowest BCUT2D eigenvalue weighted by molar-refractivity contribution is 0.120. The lowest BCUT2D eigenvalue weighted by atomic mass is 10.1. The highest BCUT2D eigenvalue weighted by atomic mass is 32.1. The summed E-state index contributed by atoms with van der Waals surface area (Å²) >= 11 is 1.67. The van der Waals surface area contributed by atoms with Crippen molar-refractivity contribution in [2.45, 2.75) is 32.4 Å². The SMILES string of the molecule is CCn1cc(-c2csc(NCC3CCCO3)n2)c2ccccc21. The summed E-state index contributed by atoms with van der Waals surface area (Å²) in [7, 11) is 0. The predicted octanol–water partition coefficient (Wildman–Crippen LogP) is 4.38. The number of aryl methyl sites for hydroxylation is 1. The predicted molar refractivity (Wildman–Crippen MR) is 96.2 cm³/mol. The third-order valence-corrected chi connectivity index (χ3v) is 5.21. The lowest BCUT2D eigenvalue weighted by Crippen LogP contribution is -2.18. The smallest absolute Gasteiger partial charge is 0.183 e. The van der Waals surface area contributed by atoms with Gasteiger partial charge in [0.25, 0.3) is 0 Å². The Morgan fingerprint density at radius 3 is 3.13 bits per heavy atom. The molecule has 1 aliphatic rings. The normalized spacial score (nSPS) is 17.9. The van der Waals surface area contributed by atoms with Gasteiger partial charge in [-0.1, -0.05) is 18.2 Å². The van der Waals surface area contributed by atoms with Crippen molar-refractivity contribution in [1.82, 2.24) is 9.55 Å². The summed E-state index contributed by atoms with van der Waals surface area (Å²) in [5.41, 5.74) is 3.53. The zero-order valence-corrected chi connectivity index (χ0v) is 14.1. The molecule has 0 saturated carbocycles. The van der Waals surface area contributed by atoms with Crippen molar-refractivity contribution in [3.05, 3.63) is 35.8 Å². The second-order valence-electron chi connectivity index (χ2n) is 5.90. The quantitative estimate of drug-likeness (QED) is 0.756. The van der Waals surface area contributed by atoms with Crippen LogP contribution in [0.2, 0.25) is 0 Å². The fourth-order valence-corrected chi connectivity index (χ4v) is 3.92. The second-order valence-corrected chi connectivity index (χ2v) is 6.76. The van der Waals surface area contributed by atoms with E-state index in [1.54, 1.807) is 11.3 Å². The summed E-state index contributed by atoms with van der Waals surface area (Å²) in [6.07, 6.45) is 4.87. The Balaban J connectivity index is 1.58. The molecule has 4 rings (SSSR count). The number of para-hydroxylation sites is 1. The van der Waals surface area contributed by atoms with E-state index >= 15 is 0 Å². The number of hydrogen-bond donors (Lipinski definition) is 1. The van der Waals surface area contributed by atoms with Crippen molar-refractivity contribution in [2.24, 2.45) is 0 Å². The average molecular weight is 327 g/mol. The van der Waals surface area contributed by atoms with Crippen LogP contribution < -0.4 is 5.32 Å². The monoisotopic (exact) mass is 327 g/mol. The molecule has 120 valence electrons. The minimum Gasteiger partial charge on any atom is -0.376 e. The van der Waals surface area contributed by atoms with Crippen LogP contribution in [-0.2, 0) is 11.3 Å². The van der Waals surface area contributed by atoms with Gasteiger partial charge in [-0.05, 0) is 25.8 Å². The first-order valence-electron chi connectivity index (χ1n) is 8.24. The highest BCUT2D eigenvalue weighted by Gasteiger charge is 2.16. The molecular weight excluding hydrogens is 306 g/mol. The molecule has 1 atom stereocenters. The van der Waals surface area contributed by atoms with E-state index in [-0.39, 0.29) is 0 Å². The molecule has 0 aliphatic carbocycles. The Kier molecular flexibility index (Phi) is 4.06. The molecule has 2 aromatic heterocycles. The van der Waals surface area contributed by atoms with Gasteiger partial charge in [-0.15, -0.1) is 11.3 Å². The lowest BCUT2D eigenvalue weighted by Gasteiger charge is -2.09. The first kappa shape index (κ1) is 14.7. The molecule has 0 bridgehead atoms. The van der Waals surface area contributed by atoms with E-state index in [4.69, 9.17) is 9.72 Å². The molecule has 5 heteroatoms. The average Bonchev–Trinajstić information content (AvgIpc) is 3.31. The highest BCUT2D eigenvalue weighted by molar-refractivity contribution is 7.14. The van der Waals surface area contributed by atoms with Crippen LogP contribution in [0.5, 0.6) is 0 Å². The zero-order chi connectivity index (χ0) is 15.6. The van der Waals surface area contributed by atoms with Gasteiger partial charge in [-0.3, -0.25) is 0 Å². The molecule has 3 aromatic rings. The van der Waals surface area contributed by atoms with Crippen molar-refractivity contribution in [1.29, 1.82) is 0 Å². The van der Waals surface area contributed by atoms with Gasteiger partial charge in [-0.2, -0.15) is 0 Å². The zero-order valence-electron chi connectivity index (χ0n) is 13.3. The minimum atomic E-state index is 0.337. The van der Waals surface area contributed by atoms with Crippen LogP contribution in [0.1, 0.15) is 19.8 Å². The Morgan fingerprint density at radius 1 is 1.39 bits per heavy atom. The summed E-state index contributed by atoms with van der Waals surface area (Å²) in [6.45, 7) is 4.89. The number of benzene rings is 1. The van der Waals surface area contributed by atoms with Crippen LogP contribution in [0, 0.1) is 0 Å². The summed E-state index contributed by atoms with van der Waals surface area (Å²) in [6, 6.07) is 8.53. The number of nitrogens with one attached hydrogen (secondary N) is 1. The largest absolute Gasteiger partial charge is 0.376 e. The van der Waals surface area contributed by atoms with Gasteiger partial charge < -0.3 is 14.6 Å².